The van der Waals surface area contributed by atoms with Crippen LogP contribution in [0.25, 0.3) is 0 Å². The molecule has 21 heavy (non-hydrogen) atoms. The first-order chi connectivity index (χ1) is 10.0. The van der Waals surface area contributed by atoms with E-state index in [0.717, 1.165) is 40.8 Å². The molecule has 1 unspecified atom stereocenters. The predicted octanol–water partition coefficient (Wildman–Crippen LogP) is 3.66. The molecule has 2 aromatic rings. The van der Waals surface area contributed by atoms with Crippen molar-refractivity contribution in [1.82, 2.24) is 15.1 Å². The van der Waals surface area contributed by atoms with Crippen molar-refractivity contribution in [2.24, 2.45) is 13.0 Å². The van der Waals surface area contributed by atoms with E-state index in [9.17, 15) is 0 Å². The van der Waals surface area contributed by atoms with Crippen molar-refractivity contribution in [1.29, 1.82) is 0 Å². The van der Waals surface area contributed by atoms with Gasteiger partial charge in [-0.3, -0.25) is 4.68 Å². The van der Waals surface area contributed by atoms with Crippen molar-refractivity contribution in [3.05, 3.63) is 51.3 Å². The molecule has 1 N–H and O–H groups in total. The standard InChI is InChI=1S/C16H21Cl2N3/c1-11-16(18)15(21(3)20-11)9-13(10-19-2)7-12-5-4-6-14(17)8-12/h4-6,8,13,19H,7,9-10H2,1-3H3. The van der Waals surface area contributed by atoms with E-state index in [1.165, 1.54) is 5.56 Å². The van der Waals surface area contributed by atoms with E-state index in [4.69, 9.17) is 23.2 Å². The molecule has 1 heterocycles. The van der Waals surface area contributed by atoms with Gasteiger partial charge in [0.2, 0.25) is 0 Å². The molecule has 1 aromatic carbocycles. The molecule has 0 amide bonds. The molecular weight excluding hydrogens is 305 g/mol. The number of benzene rings is 1. The molecule has 0 aliphatic heterocycles. The van der Waals surface area contributed by atoms with Gasteiger partial charge in [0.1, 0.15) is 0 Å². The van der Waals surface area contributed by atoms with E-state index in [1.807, 2.05) is 43.9 Å². The first-order valence-corrected chi connectivity index (χ1v) is 7.84. The van der Waals surface area contributed by atoms with Crippen LogP contribution in [-0.2, 0) is 19.9 Å². The average Bonchev–Trinajstić information content (AvgIpc) is 2.66. The number of halogens is 2. The number of aromatic nitrogens is 2. The fourth-order valence-corrected chi connectivity index (χ4v) is 3.13. The van der Waals surface area contributed by atoms with E-state index < -0.39 is 0 Å². The van der Waals surface area contributed by atoms with Crippen LogP contribution in [-0.4, -0.2) is 23.4 Å². The van der Waals surface area contributed by atoms with Gasteiger partial charge < -0.3 is 5.32 Å². The molecule has 114 valence electrons. The lowest BCUT2D eigenvalue weighted by Crippen LogP contribution is -2.23. The SMILES string of the molecule is CNCC(Cc1cccc(Cl)c1)Cc1c(Cl)c(C)nn1C. The zero-order valence-corrected chi connectivity index (χ0v) is 14.2. The van der Waals surface area contributed by atoms with E-state index >= 15 is 0 Å². The summed E-state index contributed by atoms with van der Waals surface area (Å²) in [5.41, 5.74) is 3.23. The van der Waals surface area contributed by atoms with Gasteiger partial charge in [0, 0.05) is 12.1 Å². The molecule has 0 radical (unpaired) electrons. The highest BCUT2D eigenvalue weighted by molar-refractivity contribution is 6.31. The molecule has 1 aromatic heterocycles. The van der Waals surface area contributed by atoms with E-state index in [-0.39, 0.29) is 0 Å². The summed E-state index contributed by atoms with van der Waals surface area (Å²) in [6.07, 6.45) is 1.85. The third-order valence-electron chi connectivity index (χ3n) is 3.65. The summed E-state index contributed by atoms with van der Waals surface area (Å²) in [7, 11) is 3.92. The number of hydrogen-bond donors (Lipinski definition) is 1. The maximum atomic E-state index is 6.36. The Morgan fingerprint density at radius 1 is 1.29 bits per heavy atom. The molecule has 0 saturated heterocycles. The Balaban J connectivity index is 2.15. The van der Waals surface area contributed by atoms with Gasteiger partial charge in [-0.15, -0.1) is 0 Å². The lowest BCUT2D eigenvalue weighted by Gasteiger charge is -2.17. The predicted molar refractivity (Wildman–Crippen MR) is 89.2 cm³/mol. The van der Waals surface area contributed by atoms with Crippen LogP contribution in [0.5, 0.6) is 0 Å². The van der Waals surface area contributed by atoms with Crippen molar-refractivity contribution < 1.29 is 0 Å². The highest BCUT2D eigenvalue weighted by Gasteiger charge is 2.17. The Kier molecular flexibility index (Phi) is 5.68. The second kappa shape index (κ2) is 7.30. The van der Waals surface area contributed by atoms with Crippen LogP contribution in [0.1, 0.15) is 17.0 Å². The number of hydrogen-bond acceptors (Lipinski definition) is 2. The Bertz CT molecular complexity index is 608. The zero-order chi connectivity index (χ0) is 15.4. The van der Waals surface area contributed by atoms with Gasteiger partial charge in [-0.25, -0.2) is 0 Å². The Labute approximate surface area is 136 Å². The summed E-state index contributed by atoms with van der Waals surface area (Å²) in [5, 5.41) is 9.22. The highest BCUT2D eigenvalue weighted by atomic mass is 35.5. The topological polar surface area (TPSA) is 29.9 Å². The summed E-state index contributed by atoms with van der Waals surface area (Å²) in [5.74, 6) is 0.445. The highest BCUT2D eigenvalue weighted by Crippen LogP contribution is 2.24. The minimum atomic E-state index is 0.445. The Morgan fingerprint density at radius 3 is 2.62 bits per heavy atom. The Morgan fingerprint density at radius 2 is 2.05 bits per heavy atom. The molecule has 1 atom stereocenters. The normalized spacial score (nSPS) is 12.6. The summed E-state index contributed by atoms with van der Waals surface area (Å²) >= 11 is 12.4. The summed E-state index contributed by atoms with van der Waals surface area (Å²) < 4.78 is 1.89. The molecule has 3 nitrogen and oxygen atoms in total. The molecule has 0 fully saturated rings. The number of nitrogens with one attached hydrogen (secondary N) is 1. The zero-order valence-electron chi connectivity index (χ0n) is 12.7. The Hall–Kier alpha value is -1.03. The largest absolute Gasteiger partial charge is 0.319 e. The van der Waals surface area contributed by atoms with Crippen molar-refractivity contribution in [3.63, 3.8) is 0 Å². The first kappa shape index (κ1) is 16.3. The molecule has 0 spiro atoms. The van der Waals surface area contributed by atoms with Gasteiger partial charge in [-0.05, 0) is 57.0 Å². The fourth-order valence-electron chi connectivity index (χ4n) is 2.68. The smallest absolute Gasteiger partial charge is 0.0847 e. The van der Waals surface area contributed by atoms with Crippen LogP contribution < -0.4 is 5.32 Å². The van der Waals surface area contributed by atoms with E-state index in [1.54, 1.807) is 0 Å². The van der Waals surface area contributed by atoms with Crippen LogP contribution in [0, 0.1) is 12.8 Å². The van der Waals surface area contributed by atoms with E-state index in [2.05, 4.69) is 16.5 Å². The van der Waals surface area contributed by atoms with Crippen LogP contribution >= 0.6 is 23.2 Å². The van der Waals surface area contributed by atoms with Gasteiger partial charge in [0.25, 0.3) is 0 Å². The van der Waals surface area contributed by atoms with Gasteiger partial charge in [0.15, 0.2) is 0 Å². The molecule has 0 aliphatic rings. The average molecular weight is 326 g/mol. The second-order valence-corrected chi connectivity index (χ2v) is 6.25. The van der Waals surface area contributed by atoms with Gasteiger partial charge in [-0.1, -0.05) is 35.3 Å². The summed E-state index contributed by atoms with van der Waals surface area (Å²) in [6.45, 7) is 2.86. The molecule has 0 bridgehead atoms. The minimum Gasteiger partial charge on any atom is -0.319 e. The monoisotopic (exact) mass is 325 g/mol. The summed E-state index contributed by atoms with van der Waals surface area (Å²) in [4.78, 5) is 0. The molecule has 0 saturated carbocycles. The van der Waals surface area contributed by atoms with Gasteiger partial charge in [0.05, 0.1) is 16.4 Å². The number of nitrogens with zero attached hydrogens (tertiary/aromatic N) is 2. The van der Waals surface area contributed by atoms with E-state index in [0.29, 0.717) is 5.92 Å². The lowest BCUT2D eigenvalue weighted by atomic mass is 9.94. The maximum absolute atomic E-state index is 6.36. The minimum absolute atomic E-state index is 0.445. The van der Waals surface area contributed by atoms with Crippen molar-refractivity contribution >= 4 is 23.2 Å². The first-order valence-electron chi connectivity index (χ1n) is 7.08. The van der Waals surface area contributed by atoms with Gasteiger partial charge in [-0.2, -0.15) is 5.10 Å². The third-order valence-corrected chi connectivity index (χ3v) is 4.38. The second-order valence-electron chi connectivity index (χ2n) is 5.43. The van der Waals surface area contributed by atoms with Crippen molar-refractivity contribution in [3.8, 4) is 0 Å². The van der Waals surface area contributed by atoms with Crippen LogP contribution in [0.4, 0.5) is 0 Å². The van der Waals surface area contributed by atoms with Crippen LogP contribution in [0.2, 0.25) is 10.0 Å². The fraction of sp³-hybridized carbons (Fsp3) is 0.438. The molecule has 0 aliphatic carbocycles. The van der Waals surface area contributed by atoms with Crippen LogP contribution in [0.3, 0.4) is 0 Å². The molecular formula is C16H21Cl2N3. The summed E-state index contributed by atoms with van der Waals surface area (Å²) in [6, 6.07) is 8.04. The number of aryl methyl sites for hydroxylation is 2. The van der Waals surface area contributed by atoms with Gasteiger partial charge >= 0.3 is 0 Å². The molecule has 5 heteroatoms. The van der Waals surface area contributed by atoms with Crippen molar-refractivity contribution in [2.45, 2.75) is 19.8 Å². The maximum Gasteiger partial charge on any atom is 0.0847 e. The van der Waals surface area contributed by atoms with Crippen LogP contribution in [0.15, 0.2) is 24.3 Å². The molecule has 2 rings (SSSR count). The number of rotatable bonds is 6. The third kappa shape index (κ3) is 4.22. The quantitative estimate of drug-likeness (QED) is 0.878. The lowest BCUT2D eigenvalue weighted by molar-refractivity contribution is 0.477. The van der Waals surface area contributed by atoms with Crippen molar-refractivity contribution in [2.75, 3.05) is 13.6 Å².